The van der Waals surface area contributed by atoms with Crippen molar-refractivity contribution in [1.82, 2.24) is 10.2 Å². The van der Waals surface area contributed by atoms with Gasteiger partial charge in [0, 0.05) is 10.1 Å². The van der Waals surface area contributed by atoms with Gasteiger partial charge in [0.2, 0.25) is 5.91 Å². The van der Waals surface area contributed by atoms with E-state index in [-0.39, 0.29) is 18.3 Å². The molecule has 0 aliphatic carbocycles. The predicted molar refractivity (Wildman–Crippen MR) is 93.5 cm³/mol. The van der Waals surface area contributed by atoms with Crippen LogP contribution in [0.25, 0.3) is 0 Å². The number of benzene rings is 1. The second kappa shape index (κ2) is 8.81. The molecule has 0 bridgehead atoms. The van der Waals surface area contributed by atoms with Crippen molar-refractivity contribution in [3.63, 3.8) is 0 Å². The molecule has 20 heavy (non-hydrogen) atoms. The van der Waals surface area contributed by atoms with Crippen LogP contribution in [-0.4, -0.2) is 44.0 Å². The zero-order valence-corrected chi connectivity index (χ0v) is 14.5. The van der Waals surface area contributed by atoms with E-state index in [0.29, 0.717) is 12.5 Å². The Bertz CT molecular complexity index is 444. The number of rotatable bonds is 5. The Morgan fingerprint density at radius 2 is 2.20 bits per heavy atom. The highest BCUT2D eigenvalue weighted by molar-refractivity contribution is 14.1. The molecule has 1 amide bonds. The van der Waals surface area contributed by atoms with Gasteiger partial charge in [0.05, 0.1) is 12.2 Å². The number of likely N-dealkylation sites (tertiary alicyclic amines) is 1. The van der Waals surface area contributed by atoms with Crippen LogP contribution in [0.15, 0.2) is 24.3 Å². The molecule has 0 saturated carbocycles. The largest absolute Gasteiger partial charge is 0.324 e. The van der Waals surface area contributed by atoms with Gasteiger partial charge in [-0.15, -0.1) is 12.4 Å². The molecular weight excluding hydrogens is 389 g/mol. The summed E-state index contributed by atoms with van der Waals surface area (Å²) in [6, 6.07) is 7.85. The van der Waals surface area contributed by atoms with Crippen LogP contribution in [0, 0.1) is 9.49 Å². The van der Waals surface area contributed by atoms with Crippen LogP contribution in [0.2, 0.25) is 0 Å². The van der Waals surface area contributed by atoms with Crippen LogP contribution in [0.4, 0.5) is 5.69 Å². The fourth-order valence-corrected chi connectivity index (χ4v) is 2.99. The highest BCUT2D eigenvalue weighted by Crippen LogP contribution is 2.18. The van der Waals surface area contributed by atoms with E-state index >= 15 is 0 Å². The van der Waals surface area contributed by atoms with Gasteiger partial charge < -0.3 is 10.6 Å². The number of anilines is 1. The number of nitrogens with zero attached hydrogens (tertiary/aromatic N) is 1. The molecular formula is C14H21ClIN3O. The number of nitrogens with one attached hydrogen (secondary N) is 2. The molecule has 1 aliphatic heterocycles. The van der Waals surface area contributed by atoms with Crippen molar-refractivity contribution in [2.75, 3.05) is 38.5 Å². The van der Waals surface area contributed by atoms with Crippen molar-refractivity contribution in [1.29, 1.82) is 0 Å². The topological polar surface area (TPSA) is 44.4 Å². The number of amides is 1. The van der Waals surface area contributed by atoms with Crippen molar-refractivity contribution < 1.29 is 4.79 Å². The number of carbonyl (C=O) groups excluding carboxylic acids is 1. The first-order valence-corrected chi connectivity index (χ1v) is 7.68. The van der Waals surface area contributed by atoms with Crippen molar-refractivity contribution in [3.05, 3.63) is 27.8 Å². The van der Waals surface area contributed by atoms with E-state index < -0.39 is 0 Å². The lowest BCUT2D eigenvalue weighted by Crippen LogP contribution is -2.32. The standard InChI is InChI=1S/C14H20IN3O.ClH/c1-16-8-11-6-7-18(9-11)10-14(19)17-13-5-3-2-4-12(13)15;/h2-5,11,16H,6-10H2,1H3,(H,17,19);1H. The summed E-state index contributed by atoms with van der Waals surface area (Å²) in [5, 5.41) is 6.18. The molecule has 0 spiro atoms. The van der Waals surface area contributed by atoms with Crippen LogP contribution in [-0.2, 0) is 4.79 Å². The molecule has 4 nitrogen and oxygen atoms in total. The van der Waals surface area contributed by atoms with Crippen molar-refractivity contribution >= 4 is 46.6 Å². The normalized spacial score (nSPS) is 18.6. The lowest BCUT2D eigenvalue weighted by Gasteiger charge is -2.16. The molecule has 112 valence electrons. The Morgan fingerprint density at radius 3 is 2.90 bits per heavy atom. The molecule has 1 aliphatic rings. The Kier molecular flexibility index (Phi) is 7.79. The summed E-state index contributed by atoms with van der Waals surface area (Å²) >= 11 is 2.24. The van der Waals surface area contributed by atoms with Crippen molar-refractivity contribution in [2.45, 2.75) is 6.42 Å². The monoisotopic (exact) mass is 409 g/mol. The predicted octanol–water partition coefficient (Wildman–Crippen LogP) is 2.19. The van der Waals surface area contributed by atoms with Crippen LogP contribution in [0.5, 0.6) is 0 Å². The third kappa shape index (κ3) is 5.20. The number of halogens is 2. The van der Waals surface area contributed by atoms with Gasteiger partial charge in [-0.25, -0.2) is 0 Å². The highest BCUT2D eigenvalue weighted by Gasteiger charge is 2.23. The van der Waals surface area contributed by atoms with Crippen LogP contribution in [0.3, 0.4) is 0 Å². The number of hydrogen-bond donors (Lipinski definition) is 2. The van der Waals surface area contributed by atoms with E-state index in [2.05, 4.69) is 38.1 Å². The molecule has 1 saturated heterocycles. The maximum Gasteiger partial charge on any atom is 0.238 e. The maximum absolute atomic E-state index is 12.0. The second-order valence-corrected chi connectivity index (χ2v) is 6.14. The lowest BCUT2D eigenvalue weighted by atomic mass is 10.1. The highest BCUT2D eigenvalue weighted by atomic mass is 127. The molecule has 1 atom stereocenters. The average Bonchev–Trinajstić information content (AvgIpc) is 2.80. The van der Waals surface area contributed by atoms with Gasteiger partial charge >= 0.3 is 0 Å². The lowest BCUT2D eigenvalue weighted by molar-refractivity contribution is -0.117. The maximum atomic E-state index is 12.0. The number of para-hydroxylation sites is 1. The van der Waals surface area contributed by atoms with E-state index in [1.165, 1.54) is 6.42 Å². The van der Waals surface area contributed by atoms with Gasteiger partial charge in [0.25, 0.3) is 0 Å². The summed E-state index contributed by atoms with van der Waals surface area (Å²) in [4.78, 5) is 14.2. The summed E-state index contributed by atoms with van der Waals surface area (Å²) in [7, 11) is 1.98. The number of carbonyl (C=O) groups is 1. The van der Waals surface area contributed by atoms with E-state index in [0.717, 1.165) is 28.9 Å². The quantitative estimate of drug-likeness (QED) is 0.733. The minimum Gasteiger partial charge on any atom is -0.324 e. The zero-order valence-electron chi connectivity index (χ0n) is 11.6. The summed E-state index contributed by atoms with van der Waals surface area (Å²) < 4.78 is 1.07. The summed E-state index contributed by atoms with van der Waals surface area (Å²) in [5.74, 6) is 0.754. The number of hydrogen-bond acceptors (Lipinski definition) is 3. The SMILES string of the molecule is CNCC1CCN(CC(=O)Nc2ccccc2I)C1.Cl. The second-order valence-electron chi connectivity index (χ2n) is 4.98. The molecule has 1 aromatic rings. The molecule has 0 radical (unpaired) electrons. The molecule has 2 rings (SSSR count). The van der Waals surface area contributed by atoms with Crippen LogP contribution >= 0.6 is 35.0 Å². The van der Waals surface area contributed by atoms with Gasteiger partial charge in [-0.2, -0.15) is 0 Å². The smallest absolute Gasteiger partial charge is 0.238 e. The fourth-order valence-electron chi connectivity index (χ4n) is 2.47. The minimum atomic E-state index is 0. The van der Waals surface area contributed by atoms with Gasteiger partial charge in [-0.3, -0.25) is 9.69 Å². The molecule has 0 aromatic heterocycles. The van der Waals surface area contributed by atoms with Crippen molar-refractivity contribution in [2.24, 2.45) is 5.92 Å². The molecule has 1 heterocycles. The third-order valence-electron chi connectivity index (χ3n) is 3.38. The summed E-state index contributed by atoms with van der Waals surface area (Å²) in [6.07, 6.45) is 1.18. The third-order valence-corrected chi connectivity index (χ3v) is 4.32. The Morgan fingerprint density at radius 1 is 1.45 bits per heavy atom. The Balaban J connectivity index is 0.00000200. The summed E-state index contributed by atoms with van der Waals surface area (Å²) in [6.45, 7) is 3.56. The average molecular weight is 410 g/mol. The first-order chi connectivity index (χ1) is 9.19. The zero-order chi connectivity index (χ0) is 13.7. The van der Waals surface area contributed by atoms with Crippen LogP contribution in [0.1, 0.15) is 6.42 Å². The first-order valence-electron chi connectivity index (χ1n) is 6.60. The Labute approximate surface area is 140 Å². The van der Waals surface area contributed by atoms with Gasteiger partial charge in [0.15, 0.2) is 0 Å². The Hall–Kier alpha value is -0.370. The van der Waals surface area contributed by atoms with E-state index in [4.69, 9.17) is 0 Å². The van der Waals surface area contributed by atoms with Crippen LogP contribution < -0.4 is 10.6 Å². The molecule has 1 unspecified atom stereocenters. The minimum absolute atomic E-state index is 0. The molecule has 1 aromatic carbocycles. The fraction of sp³-hybridized carbons (Fsp3) is 0.500. The van der Waals surface area contributed by atoms with Gasteiger partial charge in [-0.1, -0.05) is 12.1 Å². The van der Waals surface area contributed by atoms with E-state index in [9.17, 15) is 4.79 Å². The van der Waals surface area contributed by atoms with E-state index in [1.807, 2.05) is 31.3 Å². The van der Waals surface area contributed by atoms with Gasteiger partial charge in [-0.05, 0) is 67.2 Å². The molecule has 2 N–H and O–H groups in total. The molecule has 6 heteroatoms. The molecule has 1 fully saturated rings. The van der Waals surface area contributed by atoms with E-state index in [1.54, 1.807) is 0 Å². The first kappa shape index (κ1) is 17.7. The van der Waals surface area contributed by atoms with Gasteiger partial charge in [0.1, 0.15) is 0 Å². The summed E-state index contributed by atoms with van der Waals surface area (Å²) in [5.41, 5.74) is 0.902. The van der Waals surface area contributed by atoms with Crippen molar-refractivity contribution in [3.8, 4) is 0 Å².